The number of carbonyl (C=O) groups is 1. The highest BCUT2D eigenvalue weighted by Crippen LogP contribution is 2.37. The fourth-order valence-electron chi connectivity index (χ4n) is 3.17. The monoisotopic (exact) mass is 549 g/mol. The van der Waals surface area contributed by atoms with E-state index >= 15 is 0 Å². The molecule has 0 saturated heterocycles. The van der Waals surface area contributed by atoms with Crippen molar-refractivity contribution in [2.75, 3.05) is 6.61 Å². The van der Waals surface area contributed by atoms with E-state index in [-0.39, 0.29) is 28.0 Å². The van der Waals surface area contributed by atoms with Crippen LogP contribution in [0.2, 0.25) is 5.02 Å². The molecule has 2 aromatic carbocycles. The summed E-state index contributed by atoms with van der Waals surface area (Å²) in [5.74, 6) is -0.180. The number of rotatable bonds is 9. The Kier molecular flexibility index (Phi) is 8.33. The number of hydrogen-bond acceptors (Lipinski definition) is 6. The highest BCUT2D eigenvalue weighted by atomic mass is 79.9. The summed E-state index contributed by atoms with van der Waals surface area (Å²) >= 11 is 9.79. The molecular weight excluding hydrogens is 526 g/mol. The Bertz CT molecular complexity index is 1310. The maximum atomic E-state index is 13.3. The van der Waals surface area contributed by atoms with Crippen LogP contribution in [0.4, 0.5) is 0 Å². The Balaban J connectivity index is 2.11. The van der Waals surface area contributed by atoms with Crippen LogP contribution in [0.25, 0.3) is 10.9 Å². The van der Waals surface area contributed by atoms with Gasteiger partial charge in [0.05, 0.1) is 28.7 Å². The molecule has 0 spiro atoms. The number of ether oxygens (including phenoxy) is 2. The van der Waals surface area contributed by atoms with Gasteiger partial charge in [0.15, 0.2) is 17.6 Å². The third-order valence-corrected chi connectivity index (χ3v) is 5.96. The Labute approximate surface area is 210 Å². The summed E-state index contributed by atoms with van der Waals surface area (Å²) in [5, 5.41) is 14.2. The lowest BCUT2D eigenvalue weighted by Crippen LogP contribution is -2.24. The van der Waals surface area contributed by atoms with Crippen LogP contribution in [0, 0.1) is 0 Å². The molecule has 10 heteroatoms. The number of nitrogens with zero attached hydrogens (tertiary/aromatic N) is 3. The highest BCUT2D eigenvalue weighted by Gasteiger charge is 2.20. The zero-order chi connectivity index (χ0) is 25.0. The number of carboxylic acid groups (broad SMARTS) is 1. The number of aliphatic carboxylic acids is 1. The van der Waals surface area contributed by atoms with E-state index in [0.717, 1.165) is 10.9 Å². The lowest BCUT2D eigenvalue weighted by molar-refractivity contribution is -0.144. The second kappa shape index (κ2) is 11.0. The Hall–Kier alpha value is -2.91. The van der Waals surface area contributed by atoms with E-state index in [1.54, 1.807) is 31.2 Å². The third-order valence-electron chi connectivity index (χ3n) is 5.18. The van der Waals surface area contributed by atoms with Crippen molar-refractivity contribution in [3.8, 4) is 11.5 Å². The fourth-order valence-corrected chi connectivity index (χ4v) is 3.80. The Morgan fingerprint density at radius 1 is 1.29 bits per heavy atom. The van der Waals surface area contributed by atoms with Gasteiger partial charge in [-0.25, -0.2) is 9.78 Å². The zero-order valence-corrected chi connectivity index (χ0v) is 21.6. The van der Waals surface area contributed by atoms with Crippen molar-refractivity contribution < 1.29 is 19.4 Å². The van der Waals surface area contributed by atoms with E-state index in [1.807, 2.05) is 19.9 Å². The summed E-state index contributed by atoms with van der Waals surface area (Å²) < 4.78 is 13.2. The predicted octanol–water partition coefficient (Wildman–Crippen LogP) is 5.46. The quantitative estimate of drug-likeness (QED) is 0.355. The molecule has 0 bridgehead atoms. The molecule has 0 radical (unpaired) electrons. The fraction of sp³-hybridized carbons (Fsp3) is 0.333. The van der Waals surface area contributed by atoms with Crippen LogP contribution < -0.4 is 15.0 Å². The first-order valence-corrected chi connectivity index (χ1v) is 12.0. The average Bonchev–Trinajstić information content (AvgIpc) is 2.80. The third kappa shape index (κ3) is 5.59. The Morgan fingerprint density at radius 3 is 2.68 bits per heavy atom. The van der Waals surface area contributed by atoms with Gasteiger partial charge in [-0.1, -0.05) is 41.4 Å². The number of aromatic nitrogens is 2. The first kappa shape index (κ1) is 25.7. The van der Waals surface area contributed by atoms with Gasteiger partial charge in [-0.05, 0) is 56.2 Å². The molecule has 1 N–H and O–H groups in total. The molecule has 1 heterocycles. The van der Waals surface area contributed by atoms with Crippen molar-refractivity contribution in [2.45, 2.75) is 46.1 Å². The molecular formula is C24H25BrClN3O5. The number of benzene rings is 2. The molecule has 0 unspecified atom stereocenters. The van der Waals surface area contributed by atoms with Crippen molar-refractivity contribution in [1.29, 1.82) is 0 Å². The number of hydrogen-bond donors (Lipinski definition) is 1. The van der Waals surface area contributed by atoms with Crippen LogP contribution >= 0.6 is 27.5 Å². The van der Waals surface area contributed by atoms with Crippen LogP contribution in [0.5, 0.6) is 11.5 Å². The molecule has 34 heavy (non-hydrogen) atoms. The molecule has 0 amide bonds. The molecule has 2 atom stereocenters. The van der Waals surface area contributed by atoms with E-state index in [1.165, 1.54) is 17.8 Å². The van der Waals surface area contributed by atoms with E-state index in [0.29, 0.717) is 28.9 Å². The molecule has 1 aromatic heterocycles. The second-order valence-corrected chi connectivity index (χ2v) is 8.99. The van der Waals surface area contributed by atoms with E-state index in [2.05, 4.69) is 26.0 Å². The second-order valence-electron chi connectivity index (χ2n) is 7.66. The maximum Gasteiger partial charge on any atom is 0.344 e. The minimum absolute atomic E-state index is 0.00578. The molecule has 0 fully saturated rings. The SMILES string of the molecule is CCOc1cc(C=Nn2c([C@H](C)CC)nc3ccc(Br)cc3c2=O)cc(Cl)c1O[C@H](C)C(=O)O. The number of carboxylic acids is 1. The topological polar surface area (TPSA) is 103 Å². The summed E-state index contributed by atoms with van der Waals surface area (Å²) in [5.41, 5.74) is 0.856. The van der Waals surface area contributed by atoms with Crippen molar-refractivity contribution in [1.82, 2.24) is 9.66 Å². The summed E-state index contributed by atoms with van der Waals surface area (Å²) in [6, 6.07) is 8.55. The van der Waals surface area contributed by atoms with Crippen LogP contribution in [0.1, 0.15) is 51.4 Å². The van der Waals surface area contributed by atoms with Gasteiger partial charge < -0.3 is 14.6 Å². The molecule has 3 rings (SSSR count). The lowest BCUT2D eigenvalue weighted by Gasteiger charge is -2.17. The molecule has 0 saturated carbocycles. The standard InChI is InChI=1S/C24H25BrClN3O5/c1-5-13(3)22-28-19-8-7-16(25)11-17(19)23(30)29(22)27-12-15-9-18(26)21(20(10-15)33-6-2)34-14(4)24(31)32/h7-14H,5-6H2,1-4H3,(H,31,32)/t13-,14-/m1/s1. The van der Waals surface area contributed by atoms with Gasteiger partial charge in [-0.3, -0.25) is 4.79 Å². The zero-order valence-electron chi connectivity index (χ0n) is 19.2. The van der Waals surface area contributed by atoms with Crippen molar-refractivity contribution in [3.05, 3.63) is 61.6 Å². The lowest BCUT2D eigenvalue weighted by atomic mass is 10.1. The van der Waals surface area contributed by atoms with E-state index in [4.69, 9.17) is 26.2 Å². The normalized spacial score (nSPS) is 13.2. The highest BCUT2D eigenvalue weighted by molar-refractivity contribution is 9.10. The van der Waals surface area contributed by atoms with Gasteiger partial charge >= 0.3 is 5.97 Å². The molecule has 0 aliphatic carbocycles. The number of fused-ring (bicyclic) bond motifs is 1. The minimum Gasteiger partial charge on any atom is -0.490 e. The van der Waals surface area contributed by atoms with E-state index < -0.39 is 12.1 Å². The summed E-state index contributed by atoms with van der Waals surface area (Å²) in [7, 11) is 0. The van der Waals surface area contributed by atoms with Gasteiger partial charge in [-0.15, -0.1) is 0 Å². The van der Waals surface area contributed by atoms with Gasteiger partial charge in [0, 0.05) is 10.4 Å². The first-order valence-electron chi connectivity index (χ1n) is 10.8. The summed E-state index contributed by atoms with van der Waals surface area (Å²) in [4.78, 5) is 29.2. The molecule has 0 aliphatic heterocycles. The molecule has 8 nitrogen and oxygen atoms in total. The average molecular weight is 551 g/mol. The number of halogens is 2. The van der Waals surface area contributed by atoms with Crippen molar-refractivity contribution in [3.63, 3.8) is 0 Å². The van der Waals surface area contributed by atoms with Gasteiger partial charge in [0.2, 0.25) is 0 Å². The predicted molar refractivity (Wildman–Crippen MR) is 136 cm³/mol. The molecule has 3 aromatic rings. The maximum absolute atomic E-state index is 13.3. The molecule has 180 valence electrons. The summed E-state index contributed by atoms with van der Waals surface area (Å²) in [6.45, 7) is 7.50. The largest absolute Gasteiger partial charge is 0.490 e. The van der Waals surface area contributed by atoms with Crippen LogP contribution in [0.15, 0.2) is 44.7 Å². The van der Waals surface area contributed by atoms with Crippen LogP contribution in [0.3, 0.4) is 0 Å². The first-order chi connectivity index (χ1) is 16.2. The minimum atomic E-state index is -1.13. The van der Waals surface area contributed by atoms with Crippen molar-refractivity contribution >= 4 is 50.6 Å². The smallest absolute Gasteiger partial charge is 0.344 e. The summed E-state index contributed by atoms with van der Waals surface area (Å²) in [6.07, 6.45) is 1.14. The van der Waals surface area contributed by atoms with Crippen molar-refractivity contribution in [2.24, 2.45) is 5.10 Å². The van der Waals surface area contributed by atoms with E-state index in [9.17, 15) is 9.59 Å². The Morgan fingerprint density at radius 2 is 2.03 bits per heavy atom. The van der Waals surface area contributed by atoms with Gasteiger partial charge in [0.25, 0.3) is 5.56 Å². The van der Waals surface area contributed by atoms with Gasteiger partial charge in [0.1, 0.15) is 5.82 Å². The molecule has 0 aliphatic rings. The van der Waals surface area contributed by atoms with Crippen LogP contribution in [-0.2, 0) is 4.79 Å². The van der Waals surface area contributed by atoms with Crippen LogP contribution in [-0.4, -0.2) is 39.7 Å². The van der Waals surface area contributed by atoms with Gasteiger partial charge in [-0.2, -0.15) is 9.78 Å².